The fourth-order valence-electron chi connectivity index (χ4n) is 1.90. The SMILES string of the molecule is O=C(Nc1nnc(/C=C/c2ccccc2)s1)Nc1ccccc1F. The van der Waals surface area contributed by atoms with Crippen molar-refractivity contribution in [3.05, 3.63) is 71.0 Å². The van der Waals surface area contributed by atoms with Gasteiger partial charge in [0, 0.05) is 0 Å². The molecule has 24 heavy (non-hydrogen) atoms. The largest absolute Gasteiger partial charge is 0.325 e. The first-order valence-electron chi connectivity index (χ1n) is 7.10. The number of urea groups is 1. The van der Waals surface area contributed by atoms with E-state index in [9.17, 15) is 9.18 Å². The van der Waals surface area contributed by atoms with Crippen LogP contribution < -0.4 is 10.6 Å². The Bertz CT molecular complexity index is 864. The number of carbonyl (C=O) groups is 1. The van der Waals surface area contributed by atoms with Gasteiger partial charge in [-0.05, 0) is 23.8 Å². The Hall–Kier alpha value is -3.06. The second-order valence-electron chi connectivity index (χ2n) is 4.75. The van der Waals surface area contributed by atoms with Crippen molar-refractivity contribution in [3.8, 4) is 0 Å². The van der Waals surface area contributed by atoms with Gasteiger partial charge in [0.05, 0.1) is 5.69 Å². The zero-order valence-corrected chi connectivity index (χ0v) is 13.3. The van der Waals surface area contributed by atoms with Gasteiger partial charge < -0.3 is 5.32 Å². The number of nitrogens with zero attached hydrogens (tertiary/aromatic N) is 2. The Morgan fingerprint density at radius 1 is 0.958 bits per heavy atom. The number of rotatable bonds is 4. The molecule has 0 aliphatic rings. The second kappa shape index (κ2) is 7.47. The minimum Gasteiger partial charge on any atom is -0.305 e. The summed E-state index contributed by atoms with van der Waals surface area (Å²) in [6.45, 7) is 0. The van der Waals surface area contributed by atoms with Crippen molar-refractivity contribution in [2.45, 2.75) is 0 Å². The molecule has 2 N–H and O–H groups in total. The van der Waals surface area contributed by atoms with Gasteiger partial charge in [-0.3, -0.25) is 5.32 Å². The van der Waals surface area contributed by atoms with E-state index in [-0.39, 0.29) is 5.69 Å². The Morgan fingerprint density at radius 3 is 2.50 bits per heavy atom. The average Bonchev–Trinajstić information content (AvgIpc) is 3.03. The summed E-state index contributed by atoms with van der Waals surface area (Å²) in [6, 6.07) is 15.1. The van der Waals surface area contributed by atoms with E-state index in [1.54, 1.807) is 12.1 Å². The summed E-state index contributed by atoms with van der Waals surface area (Å²) < 4.78 is 13.5. The molecule has 7 heteroatoms. The highest BCUT2D eigenvalue weighted by molar-refractivity contribution is 7.16. The van der Waals surface area contributed by atoms with Gasteiger partial charge in [-0.2, -0.15) is 0 Å². The molecule has 0 radical (unpaired) electrons. The smallest absolute Gasteiger partial charge is 0.305 e. The third kappa shape index (κ3) is 4.23. The summed E-state index contributed by atoms with van der Waals surface area (Å²) in [5, 5.41) is 13.8. The predicted molar refractivity (Wildman–Crippen MR) is 94.3 cm³/mol. The first kappa shape index (κ1) is 15.8. The quantitative estimate of drug-likeness (QED) is 0.735. The summed E-state index contributed by atoms with van der Waals surface area (Å²) in [6.07, 6.45) is 3.72. The molecule has 0 aliphatic heterocycles. The molecule has 3 aromatic rings. The fraction of sp³-hybridized carbons (Fsp3) is 0. The van der Waals surface area contributed by atoms with Crippen LogP contribution in [0.2, 0.25) is 0 Å². The monoisotopic (exact) mass is 340 g/mol. The molecule has 0 unspecified atom stereocenters. The van der Waals surface area contributed by atoms with Crippen molar-refractivity contribution in [2.24, 2.45) is 0 Å². The van der Waals surface area contributed by atoms with Crippen molar-refractivity contribution < 1.29 is 9.18 Å². The lowest BCUT2D eigenvalue weighted by molar-refractivity contribution is 0.262. The molecule has 1 aromatic heterocycles. The minimum atomic E-state index is -0.574. The second-order valence-corrected chi connectivity index (χ2v) is 5.76. The molecule has 2 amide bonds. The van der Waals surface area contributed by atoms with Crippen LogP contribution in [0.1, 0.15) is 10.6 Å². The van der Waals surface area contributed by atoms with Gasteiger partial charge in [0.15, 0.2) is 0 Å². The van der Waals surface area contributed by atoms with Crippen molar-refractivity contribution >= 4 is 40.3 Å². The van der Waals surface area contributed by atoms with Gasteiger partial charge in [0.25, 0.3) is 0 Å². The number of para-hydroxylation sites is 1. The third-order valence-corrected chi connectivity index (χ3v) is 3.81. The van der Waals surface area contributed by atoms with E-state index in [2.05, 4.69) is 20.8 Å². The standard InChI is InChI=1S/C17H13FN4OS/c18-13-8-4-5-9-14(13)19-16(23)20-17-22-21-15(24-17)11-10-12-6-2-1-3-7-12/h1-11H,(H2,19,20,22,23)/b11-10+. The van der Waals surface area contributed by atoms with Crippen molar-refractivity contribution in [1.82, 2.24) is 10.2 Å². The van der Waals surface area contributed by atoms with Crippen LogP contribution in [0.25, 0.3) is 12.2 Å². The Morgan fingerprint density at radius 2 is 1.71 bits per heavy atom. The van der Waals surface area contributed by atoms with Gasteiger partial charge in [0.2, 0.25) is 5.13 Å². The van der Waals surface area contributed by atoms with Crippen molar-refractivity contribution in [2.75, 3.05) is 10.6 Å². The van der Waals surface area contributed by atoms with E-state index >= 15 is 0 Å². The van der Waals surface area contributed by atoms with Crippen LogP contribution in [0, 0.1) is 5.82 Å². The predicted octanol–water partition coefficient (Wildman–Crippen LogP) is 4.49. The number of hydrogen-bond donors (Lipinski definition) is 2. The van der Waals surface area contributed by atoms with E-state index in [0.717, 1.165) is 5.56 Å². The van der Waals surface area contributed by atoms with Crippen LogP contribution in [-0.4, -0.2) is 16.2 Å². The molecule has 0 bridgehead atoms. The molecule has 1 heterocycles. The average molecular weight is 340 g/mol. The fourth-order valence-corrected chi connectivity index (χ4v) is 2.54. The summed E-state index contributed by atoms with van der Waals surface area (Å²) in [5.74, 6) is -0.503. The molecule has 120 valence electrons. The maximum Gasteiger partial charge on any atom is 0.325 e. The molecular weight excluding hydrogens is 327 g/mol. The summed E-state index contributed by atoms with van der Waals surface area (Å²) >= 11 is 1.22. The molecule has 0 aliphatic carbocycles. The minimum absolute atomic E-state index is 0.101. The Kier molecular flexibility index (Phi) is 4.93. The highest BCUT2D eigenvalue weighted by Gasteiger charge is 2.09. The number of halogens is 1. The molecule has 0 atom stereocenters. The van der Waals surface area contributed by atoms with Crippen LogP contribution in [0.3, 0.4) is 0 Å². The zero-order chi connectivity index (χ0) is 16.8. The first-order valence-corrected chi connectivity index (χ1v) is 7.91. The number of carbonyl (C=O) groups excluding carboxylic acids is 1. The van der Waals surface area contributed by atoms with Crippen LogP contribution in [0.15, 0.2) is 54.6 Å². The number of aromatic nitrogens is 2. The molecule has 2 aromatic carbocycles. The molecule has 0 saturated heterocycles. The lowest BCUT2D eigenvalue weighted by atomic mass is 10.2. The van der Waals surface area contributed by atoms with Crippen LogP contribution in [-0.2, 0) is 0 Å². The van der Waals surface area contributed by atoms with Gasteiger partial charge in [-0.15, -0.1) is 10.2 Å². The number of amides is 2. The van der Waals surface area contributed by atoms with Gasteiger partial charge in [-0.25, -0.2) is 9.18 Å². The first-order chi connectivity index (χ1) is 11.7. The zero-order valence-electron chi connectivity index (χ0n) is 12.4. The van der Waals surface area contributed by atoms with Crippen molar-refractivity contribution in [1.29, 1.82) is 0 Å². The topological polar surface area (TPSA) is 66.9 Å². The van der Waals surface area contributed by atoms with E-state index in [1.807, 2.05) is 42.5 Å². The molecule has 3 rings (SSSR count). The lowest BCUT2D eigenvalue weighted by Gasteiger charge is -2.05. The van der Waals surface area contributed by atoms with Gasteiger partial charge >= 0.3 is 6.03 Å². The van der Waals surface area contributed by atoms with E-state index in [0.29, 0.717) is 10.1 Å². The molecule has 5 nitrogen and oxygen atoms in total. The van der Waals surface area contributed by atoms with Crippen LogP contribution in [0.5, 0.6) is 0 Å². The number of nitrogens with one attached hydrogen (secondary N) is 2. The van der Waals surface area contributed by atoms with E-state index in [1.165, 1.54) is 23.5 Å². The molecular formula is C17H13FN4OS. The summed E-state index contributed by atoms with van der Waals surface area (Å²) in [5.41, 5.74) is 1.14. The molecule has 0 saturated carbocycles. The van der Waals surface area contributed by atoms with E-state index in [4.69, 9.17) is 0 Å². The highest BCUT2D eigenvalue weighted by Crippen LogP contribution is 2.18. The third-order valence-electron chi connectivity index (χ3n) is 3.00. The number of anilines is 2. The van der Waals surface area contributed by atoms with Crippen LogP contribution in [0.4, 0.5) is 20.0 Å². The molecule has 0 spiro atoms. The summed E-state index contributed by atoms with van der Waals surface area (Å²) in [7, 11) is 0. The lowest BCUT2D eigenvalue weighted by Crippen LogP contribution is -2.19. The Labute approximate surface area is 141 Å². The van der Waals surface area contributed by atoms with Crippen molar-refractivity contribution in [3.63, 3.8) is 0 Å². The van der Waals surface area contributed by atoms with Gasteiger partial charge in [0.1, 0.15) is 10.8 Å². The van der Waals surface area contributed by atoms with Gasteiger partial charge in [-0.1, -0.05) is 59.9 Å². The van der Waals surface area contributed by atoms with E-state index < -0.39 is 11.8 Å². The Balaban J connectivity index is 1.61. The van der Waals surface area contributed by atoms with Crippen LogP contribution >= 0.6 is 11.3 Å². The highest BCUT2D eigenvalue weighted by atomic mass is 32.1. The summed E-state index contributed by atoms with van der Waals surface area (Å²) in [4.78, 5) is 11.9. The number of benzene rings is 2. The molecule has 0 fully saturated rings. The number of hydrogen-bond acceptors (Lipinski definition) is 4. The normalized spacial score (nSPS) is 10.7. The maximum absolute atomic E-state index is 13.5. The maximum atomic E-state index is 13.5.